The second-order valence-corrected chi connectivity index (χ2v) is 10.2. The smallest absolute Gasteiger partial charge is 0.414 e. The minimum Gasteiger partial charge on any atom is -0.443 e. The number of nitrogens with two attached hydrogens (primary N) is 1. The SMILES string of the molecule is CC(=O)NC[C@H]1CN(c2ccc(-c3ccc(N4C[C@H](CS(=O)CCN)OC4=O)cc3F)c(F)c2)C(=O)O1. The lowest BCUT2D eigenvalue weighted by Gasteiger charge is -2.16. The van der Waals surface area contributed by atoms with Gasteiger partial charge in [-0.15, -0.1) is 0 Å². The Hall–Kier alpha value is -3.58. The first-order valence-corrected chi connectivity index (χ1v) is 13.0. The molecule has 3 atom stereocenters. The Morgan fingerprint density at radius 1 is 1.00 bits per heavy atom. The van der Waals surface area contributed by atoms with Crippen LogP contribution in [0.1, 0.15) is 6.92 Å². The average molecular weight is 537 g/mol. The third-order valence-corrected chi connectivity index (χ3v) is 7.30. The first-order chi connectivity index (χ1) is 17.7. The first kappa shape index (κ1) is 26.5. The number of halogens is 2. The molecule has 2 aromatic rings. The van der Waals surface area contributed by atoms with Gasteiger partial charge in [-0.25, -0.2) is 18.4 Å². The van der Waals surface area contributed by atoms with Gasteiger partial charge >= 0.3 is 12.2 Å². The molecule has 0 aliphatic carbocycles. The largest absolute Gasteiger partial charge is 0.443 e. The highest BCUT2D eigenvalue weighted by atomic mass is 32.2. The normalized spacial score (nSPS) is 20.1. The second kappa shape index (κ2) is 11.2. The molecule has 13 heteroatoms. The third kappa shape index (κ3) is 6.05. The Morgan fingerprint density at radius 2 is 1.51 bits per heavy atom. The molecule has 0 spiro atoms. The van der Waals surface area contributed by atoms with Gasteiger partial charge in [0.2, 0.25) is 5.91 Å². The van der Waals surface area contributed by atoms with Crippen molar-refractivity contribution in [3.63, 3.8) is 0 Å². The molecule has 0 bridgehead atoms. The van der Waals surface area contributed by atoms with Gasteiger partial charge in [0, 0.05) is 41.1 Å². The number of benzene rings is 2. The molecular weight excluding hydrogens is 510 g/mol. The summed E-state index contributed by atoms with van der Waals surface area (Å²) in [5, 5.41) is 2.56. The van der Waals surface area contributed by atoms with Crippen LogP contribution in [-0.2, 0) is 25.1 Å². The van der Waals surface area contributed by atoms with Crippen molar-refractivity contribution in [1.29, 1.82) is 0 Å². The maximum absolute atomic E-state index is 15.0. The van der Waals surface area contributed by atoms with E-state index >= 15 is 8.78 Å². The molecule has 3 amide bonds. The Morgan fingerprint density at radius 3 is 2.00 bits per heavy atom. The zero-order chi connectivity index (χ0) is 26.7. The molecule has 1 unspecified atom stereocenters. The topological polar surface area (TPSA) is 131 Å². The molecule has 37 heavy (non-hydrogen) atoms. The van der Waals surface area contributed by atoms with Crippen LogP contribution in [0.3, 0.4) is 0 Å². The van der Waals surface area contributed by atoms with Gasteiger partial charge in [0.1, 0.15) is 23.8 Å². The van der Waals surface area contributed by atoms with E-state index in [-0.39, 0.29) is 60.3 Å². The van der Waals surface area contributed by atoms with Gasteiger partial charge in [-0.3, -0.25) is 18.8 Å². The van der Waals surface area contributed by atoms with Crippen LogP contribution in [0.25, 0.3) is 11.1 Å². The number of carbonyl (C=O) groups is 3. The highest BCUT2D eigenvalue weighted by Gasteiger charge is 2.34. The number of ether oxygens (including phenoxy) is 2. The molecular formula is C24H26F2N4O6S. The van der Waals surface area contributed by atoms with Gasteiger partial charge in [0.15, 0.2) is 0 Å². The minimum atomic E-state index is -1.24. The van der Waals surface area contributed by atoms with Gasteiger partial charge < -0.3 is 20.5 Å². The first-order valence-electron chi connectivity index (χ1n) is 11.5. The van der Waals surface area contributed by atoms with Crippen molar-refractivity contribution >= 4 is 40.3 Å². The summed E-state index contributed by atoms with van der Waals surface area (Å²) in [7, 11) is -1.24. The summed E-state index contributed by atoms with van der Waals surface area (Å²) in [4.78, 5) is 38.0. The van der Waals surface area contributed by atoms with Crippen molar-refractivity contribution in [3.05, 3.63) is 48.0 Å². The maximum Gasteiger partial charge on any atom is 0.414 e. The van der Waals surface area contributed by atoms with Gasteiger partial charge in [-0.2, -0.15) is 0 Å². The van der Waals surface area contributed by atoms with E-state index in [9.17, 15) is 18.6 Å². The van der Waals surface area contributed by atoms with E-state index in [0.717, 1.165) is 12.1 Å². The fourth-order valence-corrected chi connectivity index (χ4v) is 5.14. The van der Waals surface area contributed by atoms with Crippen LogP contribution in [0.4, 0.5) is 29.7 Å². The van der Waals surface area contributed by atoms with Gasteiger partial charge in [0.05, 0.1) is 36.8 Å². The molecule has 3 N–H and O–H groups in total. The number of anilines is 2. The fourth-order valence-electron chi connectivity index (χ4n) is 4.12. The number of nitrogens with zero attached hydrogens (tertiary/aromatic N) is 2. The quantitative estimate of drug-likeness (QED) is 0.502. The zero-order valence-electron chi connectivity index (χ0n) is 19.9. The number of rotatable bonds is 9. The zero-order valence-corrected chi connectivity index (χ0v) is 20.8. The lowest BCUT2D eigenvalue weighted by Crippen LogP contribution is -2.33. The maximum atomic E-state index is 15.0. The van der Waals surface area contributed by atoms with Crippen molar-refractivity contribution < 1.29 is 36.8 Å². The van der Waals surface area contributed by atoms with Gasteiger partial charge in [-0.05, 0) is 36.4 Å². The fraction of sp³-hybridized carbons (Fsp3) is 0.375. The molecule has 2 heterocycles. The third-order valence-electron chi connectivity index (χ3n) is 5.86. The molecule has 4 rings (SSSR count). The molecule has 0 saturated carbocycles. The monoisotopic (exact) mass is 536 g/mol. The summed E-state index contributed by atoms with van der Waals surface area (Å²) < 4.78 is 52.4. The number of amides is 3. The van der Waals surface area contributed by atoms with Crippen LogP contribution < -0.4 is 20.9 Å². The van der Waals surface area contributed by atoms with E-state index < -0.39 is 46.8 Å². The Kier molecular flexibility index (Phi) is 8.03. The summed E-state index contributed by atoms with van der Waals surface area (Å²) in [6, 6.07) is 7.85. The van der Waals surface area contributed by atoms with E-state index in [1.807, 2.05) is 0 Å². The van der Waals surface area contributed by atoms with Crippen LogP contribution >= 0.6 is 0 Å². The average Bonchev–Trinajstić information content (AvgIpc) is 3.39. The van der Waals surface area contributed by atoms with Crippen LogP contribution in [0.15, 0.2) is 36.4 Å². The van der Waals surface area contributed by atoms with Crippen molar-refractivity contribution in [3.8, 4) is 11.1 Å². The molecule has 2 aliphatic rings. The van der Waals surface area contributed by atoms with Gasteiger partial charge in [0.25, 0.3) is 0 Å². The summed E-state index contributed by atoms with van der Waals surface area (Å²) in [5.74, 6) is -1.36. The van der Waals surface area contributed by atoms with E-state index in [1.54, 1.807) is 0 Å². The molecule has 2 aliphatic heterocycles. The number of hydrogen-bond acceptors (Lipinski definition) is 7. The molecule has 2 saturated heterocycles. The van der Waals surface area contributed by atoms with Gasteiger partial charge in [-0.1, -0.05) is 0 Å². The van der Waals surface area contributed by atoms with Crippen molar-refractivity contribution in [1.82, 2.24) is 5.32 Å². The highest BCUT2D eigenvalue weighted by Crippen LogP contribution is 2.33. The van der Waals surface area contributed by atoms with E-state index in [1.165, 1.54) is 41.0 Å². The molecule has 0 aromatic heterocycles. The minimum absolute atomic E-state index is 0.0331. The standard InChI is InChI=1S/C24H26F2N4O6S/c1-14(31)28-10-17-11-29(23(32)35-17)15-2-4-19(21(25)8-15)20-5-3-16(9-22(20)26)30-12-18(36-24(30)33)13-37(34)7-6-27/h2-5,8-9,17-18H,6-7,10-13,27H2,1H3,(H,28,31)/t17-,18+,37?/m0/s1. The highest BCUT2D eigenvalue weighted by molar-refractivity contribution is 7.85. The molecule has 2 aromatic carbocycles. The summed E-state index contributed by atoms with van der Waals surface area (Å²) in [5.41, 5.74) is 5.78. The van der Waals surface area contributed by atoms with Crippen molar-refractivity contribution in [2.24, 2.45) is 5.73 Å². The Balaban J connectivity index is 1.47. The number of cyclic esters (lactones) is 2. The van der Waals surface area contributed by atoms with E-state index in [4.69, 9.17) is 15.2 Å². The molecule has 10 nitrogen and oxygen atoms in total. The van der Waals surface area contributed by atoms with Crippen molar-refractivity contribution in [2.45, 2.75) is 19.1 Å². The summed E-state index contributed by atoms with van der Waals surface area (Å²) in [6.07, 6.45) is -2.56. The lowest BCUT2D eigenvalue weighted by molar-refractivity contribution is -0.119. The molecule has 0 radical (unpaired) electrons. The van der Waals surface area contributed by atoms with Crippen LogP contribution in [0.2, 0.25) is 0 Å². The number of nitrogens with one attached hydrogen (secondary N) is 1. The van der Waals surface area contributed by atoms with Crippen LogP contribution in [0, 0.1) is 11.6 Å². The number of hydrogen-bond donors (Lipinski definition) is 2. The summed E-state index contributed by atoms with van der Waals surface area (Å²) in [6.45, 7) is 1.95. The van der Waals surface area contributed by atoms with E-state index in [2.05, 4.69) is 5.32 Å². The lowest BCUT2D eigenvalue weighted by atomic mass is 10.0. The predicted molar refractivity (Wildman–Crippen MR) is 133 cm³/mol. The second-order valence-electron chi connectivity index (χ2n) is 8.60. The predicted octanol–water partition coefficient (Wildman–Crippen LogP) is 2.13. The Labute approximate surface area is 214 Å². The van der Waals surface area contributed by atoms with Crippen LogP contribution in [-0.4, -0.2) is 72.2 Å². The van der Waals surface area contributed by atoms with Crippen molar-refractivity contribution in [2.75, 3.05) is 47.5 Å². The molecule has 2 fully saturated rings. The number of carbonyl (C=O) groups excluding carboxylic acids is 3. The summed E-state index contributed by atoms with van der Waals surface area (Å²) >= 11 is 0. The molecule has 198 valence electrons. The van der Waals surface area contributed by atoms with Crippen LogP contribution in [0.5, 0.6) is 0 Å². The Bertz CT molecular complexity index is 1250. The van der Waals surface area contributed by atoms with E-state index in [0.29, 0.717) is 5.75 Å².